The van der Waals surface area contributed by atoms with Crippen molar-refractivity contribution in [3.63, 3.8) is 0 Å². The molecule has 0 amide bonds. The number of aryl methyl sites for hydroxylation is 1. The van der Waals surface area contributed by atoms with Crippen LogP contribution >= 0.6 is 11.6 Å². The Hall–Kier alpha value is -2.18. The average molecular weight is 388 g/mol. The number of benzene rings is 1. The van der Waals surface area contributed by atoms with E-state index in [1.54, 1.807) is 0 Å². The van der Waals surface area contributed by atoms with Crippen LogP contribution < -0.4 is 10.6 Å². The largest absolute Gasteiger partial charge is 0.350 e. The Morgan fingerprint density at radius 1 is 1.37 bits per heavy atom. The van der Waals surface area contributed by atoms with Crippen LogP contribution in [0, 0.1) is 6.92 Å². The van der Waals surface area contributed by atoms with Crippen molar-refractivity contribution in [2.45, 2.75) is 32.2 Å². The van der Waals surface area contributed by atoms with Gasteiger partial charge >= 0.3 is 0 Å². The average Bonchev–Trinajstić information content (AvgIpc) is 2.66. The van der Waals surface area contributed by atoms with Gasteiger partial charge in [-0.25, -0.2) is 4.98 Å². The number of hydrogen-bond donors (Lipinski definition) is 2. The number of Topliss-reactive ketones (excluding diaryl/α,β-unsaturated/α-hetero) is 1. The number of anilines is 3. The topological polar surface area (TPSA) is 70.2 Å². The summed E-state index contributed by atoms with van der Waals surface area (Å²) in [7, 11) is 2.13. The molecule has 0 spiro atoms. The Kier molecular flexibility index (Phi) is 6.63. The van der Waals surface area contributed by atoms with E-state index in [0.717, 1.165) is 42.1 Å². The predicted octanol–water partition coefficient (Wildman–Crippen LogP) is 3.39. The van der Waals surface area contributed by atoms with E-state index in [2.05, 4.69) is 32.5 Å². The number of nitrogens with zero attached hydrogens (tertiary/aromatic N) is 3. The number of nitrogens with one attached hydrogen (secondary N) is 2. The Morgan fingerprint density at radius 3 is 2.96 bits per heavy atom. The summed E-state index contributed by atoms with van der Waals surface area (Å²) in [6.45, 7) is 4.09. The van der Waals surface area contributed by atoms with Crippen molar-refractivity contribution < 1.29 is 4.79 Å². The molecule has 7 heteroatoms. The highest BCUT2D eigenvalue weighted by Gasteiger charge is 2.18. The molecule has 0 saturated carbocycles. The summed E-state index contributed by atoms with van der Waals surface area (Å²) >= 11 is 5.66. The zero-order valence-electron chi connectivity index (χ0n) is 15.8. The Morgan fingerprint density at radius 2 is 2.19 bits per heavy atom. The quantitative estimate of drug-likeness (QED) is 0.710. The maximum absolute atomic E-state index is 11.8. The molecule has 27 heavy (non-hydrogen) atoms. The van der Waals surface area contributed by atoms with E-state index in [9.17, 15) is 4.79 Å². The SMILES string of the molecule is Cc1cnc(N[C@H]2CCCN(C)C2)nc1Nc1ccccc1CC(=O)CCl. The van der Waals surface area contributed by atoms with E-state index in [0.29, 0.717) is 18.4 Å². The molecule has 2 heterocycles. The number of likely N-dealkylation sites (tertiary alicyclic amines) is 1. The zero-order valence-corrected chi connectivity index (χ0v) is 16.6. The van der Waals surface area contributed by atoms with E-state index in [4.69, 9.17) is 11.6 Å². The number of piperidine rings is 1. The van der Waals surface area contributed by atoms with E-state index < -0.39 is 0 Å². The fourth-order valence-corrected chi connectivity index (χ4v) is 3.38. The molecular weight excluding hydrogens is 362 g/mol. The smallest absolute Gasteiger partial charge is 0.224 e. The molecule has 0 radical (unpaired) electrons. The molecule has 3 rings (SSSR count). The van der Waals surface area contributed by atoms with Gasteiger partial charge in [-0.3, -0.25) is 4.79 Å². The molecule has 1 aromatic carbocycles. The first kappa shape index (κ1) is 19.6. The van der Waals surface area contributed by atoms with Crippen molar-refractivity contribution in [3.8, 4) is 0 Å². The third-order valence-electron chi connectivity index (χ3n) is 4.74. The van der Waals surface area contributed by atoms with Crippen molar-refractivity contribution in [3.05, 3.63) is 41.6 Å². The molecule has 1 fully saturated rings. The van der Waals surface area contributed by atoms with Crippen LogP contribution in [0.4, 0.5) is 17.5 Å². The Balaban J connectivity index is 1.76. The van der Waals surface area contributed by atoms with Crippen molar-refractivity contribution in [2.24, 2.45) is 0 Å². The maximum atomic E-state index is 11.8. The monoisotopic (exact) mass is 387 g/mol. The number of likely N-dealkylation sites (N-methyl/N-ethyl adjacent to an activating group) is 1. The van der Waals surface area contributed by atoms with Crippen LogP contribution in [-0.4, -0.2) is 52.7 Å². The molecule has 1 aromatic heterocycles. The summed E-state index contributed by atoms with van der Waals surface area (Å²) in [5, 5.41) is 6.81. The number of ketones is 1. The van der Waals surface area contributed by atoms with Crippen LogP contribution in [-0.2, 0) is 11.2 Å². The van der Waals surface area contributed by atoms with Gasteiger partial charge in [-0.05, 0) is 45.0 Å². The molecule has 144 valence electrons. The first-order valence-corrected chi connectivity index (χ1v) is 9.80. The molecule has 0 unspecified atom stereocenters. The Labute approximate surface area is 165 Å². The maximum Gasteiger partial charge on any atom is 0.224 e. The summed E-state index contributed by atoms with van der Waals surface area (Å²) in [6.07, 6.45) is 4.41. The van der Waals surface area contributed by atoms with E-state index in [-0.39, 0.29) is 11.7 Å². The highest BCUT2D eigenvalue weighted by molar-refractivity contribution is 6.27. The van der Waals surface area contributed by atoms with Crippen LogP contribution in [0.3, 0.4) is 0 Å². The Bertz CT molecular complexity index is 798. The lowest BCUT2D eigenvalue weighted by atomic mass is 10.1. The van der Waals surface area contributed by atoms with Gasteiger partial charge in [0.05, 0.1) is 5.88 Å². The van der Waals surface area contributed by atoms with Crippen LogP contribution in [0.15, 0.2) is 30.5 Å². The third kappa shape index (κ3) is 5.40. The van der Waals surface area contributed by atoms with Gasteiger partial charge in [0, 0.05) is 36.5 Å². The number of alkyl halides is 1. The molecule has 1 saturated heterocycles. The minimum Gasteiger partial charge on any atom is -0.350 e. The van der Waals surface area contributed by atoms with Gasteiger partial charge in [-0.2, -0.15) is 4.98 Å². The lowest BCUT2D eigenvalue weighted by molar-refractivity contribution is -0.116. The molecule has 1 aliphatic rings. The summed E-state index contributed by atoms with van der Waals surface area (Å²) in [6, 6.07) is 8.08. The van der Waals surface area contributed by atoms with Gasteiger partial charge in [0.1, 0.15) is 5.82 Å². The van der Waals surface area contributed by atoms with E-state index in [1.165, 1.54) is 6.42 Å². The number of aromatic nitrogens is 2. The second-order valence-electron chi connectivity index (χ2n) is 7.10. The fraction of sp³-hybridized carbons (Fsp3) is 0.450. The van der Waals surface area contributed by atoms with Gasteiger partial charge in [0.2, 0.25) is 5.95 Å². The second kappa shape index (κ2) is 9.15. The summed E-state index contributed by atoms with van der Waals surface area (Å²) in [5.41, 5.74) is 2.71. The lowest BCUT2D eigenvalue weighted by Crippen LogP contribution is -2.40. The molecular formula is C20H26ClN5O. The number of para-hydroxylation sites is 1. The van der Waals surface area contributed by atoms with Gasteiger partial charge in [-0.15, -0.1) is 11.6 Å². The van der Waals surface area contributed by atoms with Crippen molar-refractivity contribution in [1.29, 1.82) is 0 Å². The zero-order chi connectivity index (χ0) is 19.2. The minimum absolute atomic E-state index is 0.00546. The molecule has 2 N–H and O–H groups in total. The van der Waals surface area contributed by atoms with Gasteiger partial charge in [0.25, 0.3) is 0 Å². The van der Waals surface area contributed by atoms with Gasteiger partial charge in [-0.1, -0.05) is 18.2 Å². The van der Waals surface area contributed by atoms with Crippen LogP contribution in [0.2, 0.25) is 0 Å². The molecule has 0 aliphatic carbocycles. The van der Waals surface area contributed by atoms with Crippen molar-refractivity contribution >= 4 is 34.8 Å². The highest BCUT2D eigenvalue weighted by Crippen LogP contribution is 2.24. The molecule has 0 bridgehead atoms. The van der Waals surface area contributed by atoms with Crippen LogP contribution in [0.5, 0.6) is 0 Å². The molecule has 1 aliphatic heterocycles. The number of hydrogen-bond acceptors (Lipinski definition) is 6. The molecule has 2 aromatic rings. The summed E-state index contributed by atoms with van der Waals surface area (Å²) in [5.74, 6) is 1.37. The van der Waals surface area contributed by atoms with Gasteiger partial charge in [0.15, 0.2) is 5.78 Å². The third-order valence-corrected chi connectivity index (χ3v) is 5.03. The first-order valence-electron chi connectivity index (χ1n) is 9.26. The van der Waals surface area contributed by atoms with E-state index in [1.807, 2.05) is 37.4 Å². The van der Waals surface area contributed by atoms with Crippen molar-refractivity contribution in [2.75, 3.05) is 36.7 Å². The molecule has 6 nitrogen and oxygen atoms in total. The van der Waals surface area contributed by atoms with Gasteiger partial charge < -0.3 is 15.5 Å². The number of carbonyl (C=O) groups is 1. The van der Waals surface area contributed by atoms with Crippen LogP contribution in [0.1, 0.15) is 24.0 Å². The predicted molar refractivity (Wildman–Crippen MR) is 110 cm³/mol. The normalized spacial score (nSPS) is 17.5. The number of halogens is 1. The number of rotatable bonds is 7. The second-order valence-corrected chi connectivity index (χ2v) is 7.37. The summed E-state index contributed by atoms with van der Waals surface area (Å²) < 4.78 is 0. The first-order chi connectivity index (χ1) is 13.0. The minimum atomic E-state index is -0.00546. The summed E-state index contributed by atoms with van der Waals surface area (Å²) in [4.78, 5) is 23.2. The number of carbonyl (C=O) groups excluding carboxylic acids is 1. The lowest BCUT2D eigenvalue weighted by Gasteiger charge is -2.30. The highest BCUT2D eigenvalue weighted by atomic mass is 35.5. The van der Waals surface area contributed by atoms with Crippen molar-refractivity contribution in [1.82, 2.24) is 14.9 Å². The van der Waals surface area contributed by atoms with Crippen LogP contribution in [0.25, 0.3) is 0 Å². The fourth-order valence-electron chi connectivity index (χ4n) is 3.29. The standard InChI is InChI=1S/C20H26ClN5O/c1-14-12-22-20(23-16-7-5-9-26(2)13-16)25-19(14)24-18-8-4-3-6-15(18)10-17(27)11-21/h3-4,6,8,12,16H,5,7,9-11,13H2,1-2H3,(H2,22,23,24,25)/t16-/m0/s1. The molecule has 1 atom stereocenters. The van der Waals surface area contributed by atoms with E-state index >= 15 is 0 Å².